The van der Waals surface area contributed by atoms with Crippen LogP contribution in [0.4, 0.5) is 0 Å². The van der Waals surface area contributed by atoms with Gasteiger partial charge in [0, 0.05) is 38.8 Å². The summed E-state index contributed by atoms with van der Waals surface area (Å²) >= 11 is 0. The Balaban J connectivity index is 1.62. The Hall–Kier alpha value is -2.89. The lowest BCUT2D eigenvalue weighted by molar-refractivity contribution is -0.134. The predicted octanol–water partition coefficient (Wildman–Crippen LogP) is 3.84. The van der Waals surface area contributed by atoms with E-state index in [1.54, 1.807) is 6.20 Å². The second-order valence-corrected chi connectivity index (χ2v) is 8.54. The van der Waals surface area contributed by atoms with Crippen molar-refractivity contribution in [3.63, 3.8) is 0 Å². The van der Waals surface area contributed by atoms with Gasteiger partial charge < -0.3 is 9.80 Å². The van der Waals surface area contributed by atoms with E-state index in [0.29, 0.717) is 19.6 Å². The fraction of sp³-hybridized carbons (Fsp3) is 0.480. The van der Waals surface area contributed by atoms with Crippen LogP contribution < -0.4 is 0 Å². The summed E-state index contributed by atoms with van der Waals surface area (Å²) in [5, 5.41) is 6.84. The van der Waals surface area contributed by atoms with Gasteiger partial charge in [0.05, 0.1) is 11.8 Å². The normalized spacial score (nSPS) is 19.4. The van der Waals surface area contributed by atoms with Crippen molar-refractivity contribution >= 4 is 17.5 Å². The Kier molecular flexibility index (Phi) is 7.66. The van der Waals surface area contributed by atoms with E-state index in [1.165, 1.54) is 11.1 Å². The number of carbonyl (C=O) groups is 1. The highest BCUT2D eigenvalue weighted by molar-refractivity contribution is 6.02. The first-order valence-electron chi connectivity index (χ1n) is 11.2. The minimum Gasteiger partial charge on any atom is -0.353 e. The lowest BCUT2D eigenvalue weighted by Crippen LogP contribution is -2.52. The third kappa shape index (κ3) is 5.84. The van der Waals surface area contributed by atoms with Crippen LogP contribution in [0.2, 0.25) is 0 Å². The number of benzene rings is 1. The van der Waals surface area contributed by atoms with E-state index < -0.39 is 0 Å². The quantitative estimate of drug-likeness (QED) is 0.518. The van der Waals surface area contributed by atoms with E-state index in [4.69, 9.17) is 5.10 Å². The molecule has 0 saturated carbocycles. The highest BCUT2D eigenvalue weighted by Gasteiger charge is 2.30. The summed E-state index contributed by atoms with van der Waals surface area (Å²) in [7, 11) is 0. The Labute approximate surface area is 186 Å². The van der Waals surface area contributed by atoms with Crippen LogP contribution in [0.25, 0.3) is 0 Å². The van der Waals surface area contributed by atoms with Gasteiger partial charge in [-0.3, -0.25) is 9.80 Å². The third-order valence-electron chi connectivity index (χ3n) is 5.82. The molecule has 6 nitrogen and oxygen atoms in total. The van der Waals surface area contributed by atoms with Gasteiger partial charge in [-0.2, -0.15) is 5.10 Å². The van der Waals surface area contributed by atoms with Gasteiger partial charge in [-0.15, -0.1) is 0 Å². The molecule has 1 fully saturated rings. The minimum absolute atomic E-state index is 0.150. The van der Waals surface area contributed by atoms with Crippen LogP contribution >= 0.6 is 0 Å². The monoisotopic (exact) mass is 421 g/mol. The summed E-state index contributed by atoms with van der Waals surface area (Å²) < 4.78 is 0. The molecule has 1 aromatic rings. The standard InChI is InChI=1S/C25H35N5O/c1-6-22-17-23(21-10-8-9-20(5)16-21)27-30(22)18-25(31)29-13-11-28(12-14-29)24(26-7-2)15-19(3)4/h7-10,15-16,22H,2,6,11-14,17-18H2,1,3-5H3. The summed E-state index contributed by atoms with van der Waals surface area (Å²) in [4.78, 5) is 21.6. The zero-order valence-electron chi connectivity index (χ0n) is 19.3. The number of carbonyl (C=O) groups excluding carboxylic acids is 1. The molecule has 2 aliphatic heterocycles. The van der Waals surface area contributed by atoms with Gasteiger partial charge in [0.15, 0.2) is 0 Å². The molecule has 0 bridgehead atoms. The van der Waals surface area contributed by atoms with Crippen molar-refractivity contribution in [3.8, 4) is 0 Å². The van der Waals surface area contributed by atoms with E-state index in [1.807, 2.05) is 9.91 Å². The van der Waals surface area contributed by atoms with Gasteiger partial charge in [0.25, 0.3) is 0 Å². The summed E-state index contributed by atoms with van der Waals surface area (Å²) in [6.45, 7) is 15.4. The van der Waals surface area contributed by atoms with Crippen LogP contribution in [0.15, 0.2) is 58.8 Å². The van der Waals surface area contributed by atoms with Gasteiger partial charge in [0.2, 0.25) is 5.91 Å². The number of nitrogens with zero attached hydrogens (tertiary/aromatic N) is 5. The largest absolute Gasteiger partial charge is 0.353 e. The van der Waals surface area contributed by atoms with Crippen LogP contribution in [0.3, 0.4) is 0 Å². The molecule has 0 radical (unpaired) electrons. The molecule has 0 N–H and O–H groups in total. The van der Waals surface area contributed by atoms with E-state index >= 15 is 0 Å². The van der Waals surface area contributed by atoms with Gasteiger partial charge in [-0.1, -0.05) is 48.9 Å². The zero-order chi connectivity index (χ0) is 22.4. The van der Waals surface area contributed by atoms with Crippen molar-refractivity contribution < 1.29 is 4.79 Å². The second kappa shape index (κ2) is 10.4. The van der Waals surface area contributed by atoms with Gasteiger partial charge in [-0.25, -0.2) is 4.99 Å². The minimum atomic E-state index is 0.150. The average Bonchev–Trinajstić information content (AvgIpc) is 3.16. The first kappa shape index (κ1) is 22.8. The number of piperazine rings is 1. The molecule has 1 unspecified atom stereocenters. The SMILES string of the molecule is C=CN=C(C=C(C)C)N1CCN(C(=O)CN2N=C(c3cccc(C)c3)CC2CC)CC1. The Morgan fingerprint density at radius 3 is 2.55 bits per heavy atom. The van der Waals surface area contributed by atoms with Gasteiger partial charge >= 0.3 is 0 Å². The predicted molar refractivity (Wildman–Crippen MR) is 128 cm³/mol. The van der Waals surface area contributed by atoms with Gasteiger partial charge in [0.1, 0.15) is 12.4 Å². The summed E-state index contributed by atoms with van der Waals surface area (Å²) in [6, 6.07) is 8.73. The van der Waals surface area contributed by atoms with Crippen molar-refractivity contribution in [2.45, 2.75) is 46.6 Å². The molecule has 2 aliphatic rings. The molecule has 1 saturated heterocycles. The molecule has 1 atom stereocenters. The number of hydrogen-bond acceptors (Lipinski definition) is 4. The molecular weight excluding hydrogens is 386 g/mol. The first-order chi connectivity index (χ1) is 14.9. The number of allylic oxidation sites excluding steroid dienone is 1. The number of amidine groups is 1. The molecule has 3 rings (SSSR count). The summed E-state index contributed by atoms with van der Waals surface area (Å²) in [5.74, 6) is 1.07. The zero-order valence-corrected chi connectivity index (χ0v) is 19.3. The van der Waals surface area contributed by atoms with Crippen LogP contribution in [-0.2, 0) is 4.79 Å². The van der Waals surface area contributed by atoms with Crippen LogP contribution in [0.1, 0.15) is 44.7 Å². The van der Waals surface area contributed by atoms with Crippen molar-refractivity contribution in [1.29, 1.82) is 0 Å². The Morgan fingerprint density at radius 2 is 1.94 bits per heavy atom. The average molecular weight is 422 g/mol. The lowest BCUT2D eigenvalue weighted by atomic mass is 10.0. The van der Waals surface area contributed by atoms with Crippen LogP contribution in [0.5, 0.6) is 0 Å². The Morgan fingerprint density at radius 1 is 1.23 bits per heavy atom. The van der Waals surface area contributed by atoms with E-state index in [0.717, 1.165) is 43.0 Å². The number of hydrazone groups is 1. The second-order valence-electron chi connectivity index (χ2n) is 8.54. The molecule has 0 spiro atoms. The molecule has 6 heteroatoms. The molecule has 2 heterocycles. The molecular formula is C25H35N5O. The maximum absolute atomic E-state index is 13.0. The fourth-order valence-corrected chi connectivity index (χ4v) is 4.11. The molecule has 0 aromatic heterocycles. The van der Waals surface area contributed by atoms with Crippen molar-refractivity contribution in [1.82, 2.24) is 14.8 Å². The van der Waals surface area contributed by atoms with E-state index in [-0.39, 0.29) is 11.9 Å². The summed E-state index contributed by atoms with van der Waals surface area (Å²) in [5.41, 5.74) is 4.67. The van der Waals surface area contributed by atoms with Crippen molar-refractivity contribution in [2.24, 2.45) is 10.1 Å². The number of amides is 1. The molecule has 1 amide bonds. The smallest absolute Gasteiger partial charge is 0.243 e. The molecule has 0 aliphatic carbocycles. The topological polar surface area (TPSA) is 51.5 Å². The molecule has 31 heavy (non-hydrogen) atoms. The molecule has 166 valence electrons. The molecule has 1 aromatic carbocycles. The third-order valence-corrected chi connectivity index (χ3v) is 5.82. The van der Waals surface area contributed by atoms with Crippen molar-refractivity contribution in [2.75, 3.05) is 32.7 Å². The highest BCUT2D eigenvalue weighted by Crippen LogP contribution is 2.23. The van der Waals surface area contributed by atoms with Crippen LogP contribution in [-0.4, -0.2) is 71.0 Å². The number of aryl methyl sites for hydroxylation is 1. The maximum Gasteiger partial charge on any atom is 0.243 e. The first-order valence-corrected chi connectivity index (χ1v) is 11.2. The van der Waals surface area contributed by atoms with Crippen LogP contribution in [0, 0.1) is 6.92 Å². The van der Waals surface area contributed by atoms with Gasteiger partial charge in [-0.05, 0) is 38.8 Å². The lowest BCUT2D eigenvalue weighted by Gasteiger charge is -2.36. The fourth-order valence-electron chi connectivity index (χ4n) is 4.11. The van der Waals surface area contributed by atoms with E-state index in [9.17, 15) is 4.79 Å². The highest BCUT2D eigenvalue weighted by atomic mass is 16.2. The van der Waals surface area contributed by atoms with E-state index in [2.05, 4.69) is 74.5 Å². The number of aliphatic imine (C=N–C) groups is 1. The Bertz CT molecular complexity index is 889. The summed E-state index contributed by atoms with van der Waals surface area (Å²) in [6.07, 6.45) is 5.51. The maximum atomic E-state index is 13.0. The number of hydrogen-bond donors (Lipinski definition) is 0. The number of rotatable bonds is 6. The van der Waals surface area contributed by atoms with Crippen molar-refractivity contribution in [3.05, 3.63) is 59.8 Å².